The fraction of sp³-hybridized carbons (Fsp3) is 0.176. The van der Waals surface area contributed by atoms with E-state index in [0.717, 1.165) is 0 Å². The number of nitrogens with zero attached hydrogens (tertiary/aromatic N) is 2. The lowest BCUT2D eigenvalue weighted by Gasteiger charge is -2.13. The molecule has 2 N–H and O–H groups in total. The standard InChI is InChI=1S/C17H14F3N3O2/c1-10(24)15-21-16(23-22-15)12-6-4-5-11(9-12)13-7-2-3-8-14(13)25-17(18,19)20/h2-10,24H,1H3,(H,21,22,23). The molecule has 8 heteroatoms. The van der Waals surface area contributed by atoms with E-state index in [1.165, 1.54) is 12.1 Å². The minimum absolute atomic E-state index is 0.285. The number of para-hydroxylation sites is 1. The van der Waals surface area contributed by atoms with E-state index in [-0.39, 0.29) is 5.75 Å². The minimum atomic E-state index is -4.77. The highest BCUT2D eigenvalue weighted by Crippen LogP contribution is 2.35. The number of hydrogen-bond donors (Lipinski definition) is 2. The van der Waals surface area contributed by atoms with Crippen LogP contribution in [0.3, 0.4) is 0 Å². The van der Waals surface area contributed by atoms with Gasteiger partial charge in [-0.05, 0) is 24.6 Å². The minimum Gasteiger partial charge on any atom is -0.405 e. The number of ether oxygens (including phenoxy) is 1. The van der Waals surface area contributed by atoms with Gasteiger partial charge in [-0.3, -0.25) is 5.10 Å². The third kappa shape index (κ3) is 3.97. The predicted octanol–water partition coefficient (Wildman–Crippen LogP) is 4.09. The summed E-state index contributed by atoms with van der Waals surface area (Å²) in [5.41, 5.74) is 1.43. The predicted molar refractivity (Wildman–Crippen MR) is 84.6 cm³/mol. The molecule has 0 amide bonds. The average Bonchev–Trinajstić information content (AvgIpc) is 3.04. The zero-order valence-corrected chi connectivity index (χ0v) is 13.1. The van der Waals surface area contributed by atoms with Crippen molar-refractivity contribution in [1.82, 2.24) is 15.2 Å². The maximum atomic E-state index is 12.6. The quantitative estimate of drug-likeness (QED) is 0.744. The number of aliphatic hydroxyl groups is 1. The average molecular weight is 349 g/mol. The van der Waals surface area contributed by atoms with Crippen LogP contribution in [0.25, 0.3) is 22.5 Å². The van der Waals surface area contributed by atoms with Crippen molar-refractivity contribution in [1.29, 1.82) is 0 Å². The first-order chi connectivity index (χ1) is 11.8. The van der Waals surface area contributed by atoms with Gasteiger partial charge in [0.2, 0.25) is 0 Å². The van der Waals surface area contributed by atoms with Crippen LogP contribution in [0.15, 0.2) is 48.5 Å². The first-order valence-corrected chi connectivity index (χ1v) is 7.39. The van der Waals surface area contributed by atoms with Crippen LogP contribution in [0.2, 0.25) is 0 Å². The second-order valence-corrected chi connectivity index (χ2v) is 5.34. The summed E-state index contributed by atoms with van der Waals surface area (Å²) in [5.74, 6) is 0.361. The van der Waals surface area contributed by atoms with Crippen LogP contribution in [0.4, 0.5) is 13.2 Å². The molecule has 1 heterocycles. The Morgan fingerprint density at radius 3 is 2.48 bits per heavy atom. The molecule has 0 aliphatic rings. The van der Waals surface area contributed by atoms with E-state index in [0.29, 0.717) is 28.3 Å². The van der Waals surface area contributed by atoms with Gasteiger partial charge in [-0.1, -0.05) is 36.4 Å². The number of alkyl halides is 3. The van der Waals surface area contributed by atoms with Gasteiger partial charge >= 0.3 is 6.36 Å². The number of nitrogens with one attached hydrogen (secondary N) is 1. The Balaban J connectivity index is 1.99. The molecule has 3 aromatic rings. The summed E-state index contributed by atoms with van der Waals surface area (Å²) >= 11 is 0. The van der Waals surface area contributed by atoms with Crippen LogP contribution in [0.5, 0.6) is 5.75 Å². The highest BCUT2D eigenvalue weighted by molar-refractivity contribution is 5.74. The second-order valence-electron chi connectivity index (χ2n) is 5.34. The summed E-state index contributed by atoms with van der Waals surface area (Å²) < 4.78 is 41.9. The Morgan fingerprint density at radius 1 is 1.08 bits per heavy atom. The second kappa shape index (κ2) is 6.56. The number of benzene rings is 2. The fourth-order valence-corrected chi connectivity index (χ4v) is 2.33. The first-order valence-electron chi connectivity index (χ1n) is 7.39. The topological polar surface area (TPSA) is 71.0 Å². The summed E-state index contributed by atoms with van der Waals surface area (Å²) in [6, 6.07) is 12.6. The van der Waals surface area contributed by atoms with E-state index in [1.54, 1.807) is 43.3 Å². The van der Waals surface area contributed by atoms with Crippen molar-refractivity contribution < 1.29 is 23.0 Å². The molecule has 1 aromatic heterocycles. The maximum absolute atomic E-state index is 12.6. The zero-order valence-electron chi connectivity index (χ0n) is 13.1. The van der Waals surface area contributed by atoms with Crippen LogP contribution in [-0.2, 0) is 0 Å². The molecule has 1 unspecified atom stereocenters. The van der Waals surface area contributed by atoms with Gasteiger partial charge in [0, 0.05) is 11.1 Å². The summed E-state index contributed by atoms with van der Waals surface area (Å²) in [7, 11) is 0. The van der Waals surface area contributed by atoms with Crippen LogP contribution in [0, 0.1) is 0 Å². The van der Waals surface area contributed by atoms with E-state index in [2.05, 4.69) is 19.9 Å². The van der Waals surface area contributed by atoms with Gasteiger partial charge in [0.15, 0.2) is 11.6 Å². The van der Waals surface area contributed by atoms with E-state index >= 15 is 0 Å². The van der Waals surface area contributed by atoms with E-state index in [4.69, 9.17) is 0 Å². The van der Waals surface area contributed by atoms with Gasteiger partial charge in [-0.25, -0.2) is 4.98 Å². The van der Waals surface area contributed by atoms with Crippen molar-refractivity contribution in [2.45, 2.75) is 19.4 Å². The van der Waals surface area contributed by atoms with Gasteiger partial charge in [0.25, 0.3) is 0 Å². The molecule has 2 aromatic carbocycles. The lowest BCUT2D eigenvalue weighted by atomic mass is 10.0. The van der Waals surface area contributed by atoms with E-state index in [1.807, 2.05) is 0 Å². The van der Waals surface area contributed by atoms with Gasteiger partial charge in [0.1, 0.15) is 11.9 Å². The number of hydrogen-bond acceptors (Lipinski definition) is 4. The number of aromatic nitrogens is 3. The number of rotatable bonds is 4. The highest BCUT2D eigenvalue weighted by Gasteiger charge is 2.32. The lowest BCUT2D eigenvalue weighted by Crippen LogP contribution is -2.17. The molecule has 0 bridgehead atoms. The van der Waals surface area contributed by atoms with E-state index in [9.17, 15) is 18.3 Å². The molecular formula is C17H14F3N3O2. The maximum Gasteiger partial charge on any atom is 0.573 e. The molecule has 130 valence electrons. The number of aromatic amines is 1. The van der Waals surface area contributed by atoms with Crippen molar-refractivity contribution in [3.8, 4) is 28.3 Å². The van der Waals surface area contributed by atoms with Crippen molar-refractivity contribution in [3.05, 3.63) is 54.4 Å². The number of H-pyrrole nitrogens is 1. The lowest BCUT2D eigenvalue weighted by molar-refractivity contribution is -0.274. The van der Waals surface area contributed by atoms with Crippen LogP contribution in [-0.4, -0.2) is 26.7 Å². The monoisotopic (exact) mass is 349 g/mol. The summed E-state index contributed by atoms with van der Waals surface area (Å²) in [5, 5.41) is 16.1. The number of aliphatic hydroxyl groups excluding tert-OH is 1. The van der Waals surface area contributed by atoms with Gasteiger partial charge in [0.05, 0.1) is 0 Å². The van der Waals surface area contributed by atoms with Gasteiger partial charge in [-0.2, -0.15) is 5.10 Å². The van der Waals surface area contributed by atoms with Crippen molar-refractivity contribution in [2.24, 2.45) is 0 Å². The van der Waals surface area contributed by atoms with E-state index < -0.39 is 12.5 Å². The molecule has 0 saturated heterocycles. The summed E-state index contributed by atoms with van der Waals surface area (Å²) in [4.78, 5) is 4.17. The highest BCUT2D eigenvalue weighted by atomic mass is 19.4. The molecule has 25 heavy (non-hydrogen) atoms. The first kappa shape index (κ1) is 17.0. The molecule has 0 spiro atoms. The molecule has 0 aliphatic carbocycles. The third-order valence-electron chi connectivity index (χ3n) is 3.44. The summed E-state index contributed by atoms with van der Waals surface area (Å²) in [6.07, 6.45) is -5.57. The summed E-state index contributed by atoms with van der Waals surface area (Å²) in [6.45, 7) is 1.55. The molecule has 0 radical (unpaired) electrons. The third-order valence-corrected chi connectivity index (χ3v) is 3.44. The smallest absolute Gasteiger partial charge is 0.405 e. The van der Waals surface area contributed by atoms with Gasteiger partial charge in [-0.15, -0.1) is 13.2 Å². The molecule has 3 rings (SSSR count). The van der Waals surface area contributed by atoms with Crippen LogP contribution >= 0.6 is 0 Å². The molecular weight excluding hydrogens is 335 g/mol. The SMILES string of the molecule is CC(O)c1nc(-c2cccc(-c3ccccc3OC(F)(F)F)c2)n[nH]1. The zero-order chi connectivity index (χ0) is 18.0. The molecule has 0 saturated carbocycles. The normalized spacial score (nSPS) is 12.8. The molecule has 1 atom stereocenters. The molecule has 0 fully saturated rings. The largest absolute Gasteiger partial charge is 0.573 e. The number of halogens is 3. The Kier molecular flexibility index (Phi) is 4.45. The Hall–Kier alpha value is -2.87. The van der Waals surface area contributed by atoms with Crippen molar-refractivity contribution in [3.63, 3.8) is 0 Å². The Bertz CT molecular complexity index is 875. The Morgan fingerprint density at radius 2 is 1.80 bits per heavy atom. The van der Waals surface area contributed by atoms with Crippen LogP contribution < -0.4 is 4.74 Å². The fourth-order valence-electron chi connectivity index (χ4n) is 2.33. The molecule has 5 nitrogen and oxygen atoms in total. The van der Waals surface area contributed by atoms with Crippen molar-refractivity contribution >= 4 is 0 Å². The Labute approximate surface area is 141 Å². The molecule has 0 aliphatic heterocycles. The van der Waals surface area contributed by atoms with Gasteiger partial charge < -0.3 is 9.84 Å². The van der Waals surface area contributed by atoms with Crippen molar-refractivity contribution in [2.75, 3.05) is 0 Å². The van der Waals surface area contributed by atoms with Crippen LogP contribution in [0.1, 0.15) is 18.9 Å².